The predicted molar refractivity (Wildman–Crippen MR) is 137 cm³/mol. The Morgan fingerprint density at radius 3 is 1.91 bits per heavy atom. The fraction of sp³-hybridized carbons (Fsp3) is 0.524. The van der Waals surface area contributed by atoms with E-state index in [1.165, 1.54) is 0 Å². The lowest BCUT2D eigenvalue weighted by atomic mass is 10.0. The van der Waals surface area contributed by atoms with E-state index in [-0.39, 0.29) is 48.4 Å². The Hall–Kier alpha value is -2.97. The molecule has 1 amide bonds. The molecule has 2 saturated heterocycles. The van der Waals surface area contributed by atoms with Crippen molar-refractivity contribution in [2.45, 2.75) is 37.0 Å². The Labute approximate surface area is 210 Å². The van der Waals surface area contributed by atoms with Crippen LogP contribution in [-0.2, 0) is 0 Å². The molecular formula is C21H34ClN11O2. The van der Waals surface area contributed by atoms with E-state index >= 15 is 0 Å². The van der Waals surface area contributed by atoms with Crippen molar-refractivity contribution in [1.82, 2.24) is 20.4 Å². The predicted octanol–water partition coefficient (Wildman–Crippen LogP) is -1.21. The number of carbonyl (C=O) groups is 1. The number of anilines is 3. The van der Waals surface area contributed by atoms with Crippen LogP contribution in [0.4, 0.5) is 17.8 Å². The second-order valence-corrected chi connectivity index (χ2v) is 8.89. The number of rotatable bonds is 6. The van der Waals surface area contributed by atoms with Gasteiger partial charge >= 0.3 is 0 Å². The standard InChI is InChI=1S/C21H33N11O2.ClH/c1-34-17-4-2-3-12(5-17)18(33)29-30-19-26-20(31-8-13(22)6-14(23)9-31)28-21(27-19)32-10-15(24)7-16(25)11-32;/h2-5,13-16H,6-11,22-25H2,1H3,(H,29,33)(H,26,27,28,30);1H/t13-,14+,15-,16+;. The first-order valence-electron chi connectivity index (χ1n) is 11.3. The van der Waals surface area contributed by atoms with Crippen LogP contribution < -0.4 is 48.3 Å². The summed E-state index contributed by atoms with van der Waals surface area (Å²) in [5, 5.41) is 0. The molecule has 0 unspecified atom stereocenters. The fourth-order valence-corrected chi connectivity index (χ4v) is 4.33. The Kier molecular flexibility index (Phi) is 8.86. The van der Waals surface area contributed by atoms with Crippen LogP contribution in [0, 0.1) is 0 Å². The van der Waals surface area contributed by atoms with Gasteiger partial charge in [0, 0.05) is 55.9 Å². The summed E-state index contributed by atoms with van der Waals surface area (Å²) in [7, 11) is 1.54. The highest BCUT2D eigenvalue weighted by Crippen LogP contribution is 2.22. The number of halogens is 1. The molecule has 1 aromatic carbocycles. The van der Waals surface area contributed by atoms with Gasteiger partial charge < -0.3 is 37.5 Å². The molecule has 14 heteroatoms. The van der Waals surface area contributed by atoms with Gasteiger partial charge in [0.25, 0.3) is 5.91 Å². The normalized spacial score (nSPS) is 24.4. The molecule has 10 N–H and O–H groups in total. The van der Waals surface area contributed by atoms with Gasteiger partial charge in [-0.2, -0.15) is 15.0 Å². The van der Waals surface area contributed by atoms with E-state index in [4.69, 9.17) is 27.7 Å². The minimum atomic E-state index is -0.369. The van der Waals surface area contributed by atoms with Crippen LogP contribution in [0.3, 0.4) is 0 Å². The van der Waals surface area contributed by atoms with Crippen molar-refractivity contribution in [3.63, 3.8) is 0 Å². The number of ether oxygens (including phenoxy) is 1. The van der Waals surface area contributed by atoms with Crippen LogP contribution in [0.1, 0.15) is 23.2 Å². The van der Waals surface area contributed by atoms with Gasteiger partial charge in [-0.3, -0.25) is 15.6 Å². The molecule has 0 saturated carbocycles. The average molecular weight is 508 g/mol. The molecular weight excluding hydrogens is 474 g/mol. The molecule has 13 nitrogen and oxygen atoms in total. The van der Waals surface area contributed by atoms with Gasteiger partial charge in [0.05, 0.1) is 7.11 Å². The van der Waals surface area contributed by atoms with Gasteiger partial charge in [-0.1, -0.05) is 6.07 Å². The Bertz CT molecular complexity index is 949. The SMILES string of the molecule is COc1cccc(C(=O)NNc2nc(N3C[C@H](N)C[C@H](N)C3)nc(N3C[C@H](N)C[C@H](N)C3)n2)c1.Cl. The van der Waals surface area contributed by atoms with Crippen LogP contribution in [0.2, 0.25) is 0 Å². The molecule has 2 aliphatic heterocycles. The lowest BCUT2D eigenvalue weighted by molar-refractivity contribution is 0.0962. The van der Waals surface area contributed by atoms with Crippen molar-refractivity contribution in [3.8, 4) is 5.75 Å². The third kappa shape index (κ3) is 6.80. The second-order valence-electron chi connectivity index (χ2n) is 8.89. The zero-order valence-corrected chi connectivity index (χ0v) is 20.4. The molecule has 2 fully saturated rings. The van der Waals surface area contributed by atoms with Crippen LogP contribution >= 0.6 is 12.4 Å². The highest BCUT2D eigenvalue weighted by molar-refractivity contribution is 5.95. The zero-order valence-electron chi connectivity index (χ0n) is 19.6. The number of carbonyl (C=O) groups excluding carboxylic acids is 1. The van der Waals surface area contributed by atoms with Crippen molar-refractivity contribution < 1.29 is 9.53 Å². The van der Waals surface area contributed by atoms with Crippen molar-refractivity contribution in [1.29, 1.82) is 0 Å². The minimum Gasteiger partial charge on any atom is -0.497 e. The summed E-state index contributed by atoms with van der Waals surface area (Å²) < 4.78 is 5.18. The van der Waals surface area contributed by atoms with Crippen molar-refractivity contribution in [2.24, 2.45) is 22.9 Å². The Morgan fingerprint density at radius 1 is 0.914 bits per heavy atom. The molecule has 3 heterocycles. The van der Waals surface area contributed by atoms with Crippen LogP contribution in [0.5, 0.6) is 5.75 Å². The fourth-order valence-electron chi connectivity index (χ4n) is 4.33. The van der Waals surface area contributed by atoms with E-state index in [0.29, 0.717) is 49.4 Å². The van der Waals surface area contributed by atoms with Crippen molar-refractivity contribution in [2.75, 3.05) is 48.5 Å². The smallest absolute Gasteiger partial charge is 0.269 e. The maximum atomic E-state index is 12.6. The van der Waals surface area contributed by atoms with Crippen molar-refractivity contribution in [3.05, 3.63) is 29.8 Å². The monoisotopic (exact) mass is 507 g/mol. The Balaban J connectivity index is 0.00000342. The maximum Gasteiger partial charge on any atom is 0.269 e. The molecule has 0 spiro atoms. The largest absolute Gasteiger partial charge is 0.497 e. The van der Waals surface area contributed by atoms with E-state index in [0.717, 1.165) is 12.8 Å². The molecule has 0 radical (unpaired) electrons. The van der Waals surface area contributed by atoms with Crippen LogP contribution in [-0.4, -0.2) is 78.3 Å². The molecule has 2 aromatic rings. The number of hydrogen-bond acceptors (Lipinski definition) is 12. The lowest BCUT2D eigenvalue weighted by Crippen LogP contribution is -2.54. The van der Waals surface area contributed by atoms with Crippen LogP contribution in [0.25, 0.3) is 0 Å². The highest BCUT2D eigenvalue weighted by atomic mass is 35.5. The zero-order chi connectivity index (χ0) is 24.2. The number of methoxy groups -OCH3 is 1. The van der Waals surface area contributed by atoms with Gasteiger partial charge in [-0.25, -0.2) is 0 Å². The summed E-state index contributed by atoms with van der Waals surface area (Å²) in [6.07, 6.45) is 1.46. The first-order valence-corrected chi connectivity index (χ1v) is 11.3. The molecule has 4 atom stereocenters. The summed E-state index contributed by atoms with van der Waals surface area (Å²) in [6.45, 7) is 2.25. The number of nitrogens with one attached hydrogen (secondary N) is 2. The number of amides is 1. The van der Waals surface area contributed by atoms with Gasteiger partial charge in [-0.05, 0) is 31.0 Å². The highest BCUT2D eigenvalue weighted by Gasteiger charge is 2.28. The second kappa shape index (κ2) is 11.6. The third-order valence-electron chi connectivity index (χ3n) is 5.83. The van der Waals surface area contributed by atoms with E-state index in [1.54, 1.807) is 31.4 Å². The lowest BCUT2D eigenvalue weighted by Gasteiger charge is -2.36. The quantitative estimate of drug-likeness (QED) is 0.255. The first kappa shape index (κ1) is 26.6. The van der Waals surface area contributed by atoms with Gasteiger partial charge in [-0.15, -0.1) is 12.4 Å². The molecule has 0 aliphatic carbocycles. The maximum absolute atomic E-state index is 12.6. The summed E-state index contributed by atoms with van der Waals surface area (Å²) in [6, 6.07) is 6.44. The number of nitrogens with zero attached hydrogens (tertiary/aromatic N) is 5. The van der Waals surface area contributed by atoms with E-state index < -0.39 is 0 Å². The first-order chi connectivity index (χ1) is 16.3. The topological polar surface area (TPSA) is 200 Å². The molecule has 1 aromatic heterocycles. The number of hydrazine groups is 1. The Morgan fingerprint density at radius 2 is 1.43 bits per heavy atom. The number of aromatic nitrogens is 3. The average Bonchev–Trinajstić information content (AvgIpc) is 2.81. The van der Waals surface area contributed by atoms with Crippen molar-refractivity contribution >= 4 is 36.2 Å². The molecule has 35 heavy (non-hydrogen) atoms. The minimum absolute atomic E-state index is 0. The van der Waals surface area contributed by atoms with Gasteiger partial charge in [0.2, 0.25) is 17.8 Å². The number of nitrogens with two attached hydrogens (primary N) is 4. The van der Waals surface area contributed by atoms with Gasteiger partial charge in [0.15, 0.2) is 0 Å². The van der Waals surface area contributed by atoms with E-state index in [9.17, 15) is 4.79 Å². The number of piperidine rings is 2. The number of benzene rings is 1. The molecule has 192 valence electrons. The van der Waals surface area contributed by atoms with Crippen LogP contribution in [0.15, 0.2) is 24.3 Å². The molecule has 4 rings (SSSR count). The summed E-state index contributed by atoms with van der Waals surface area (Å²) in [5.41, 5.74) is 30.6. The number of hydrogen-bond donors (Lipinski definition) is 6. The van der Waals surface area contributed by atoms with Gasteiger partial charge in [0.1, 0.15) is 5.75 Å². The van der Waals surface area contributed by atoms with E-state index in [1.807, 2.05) is 9.80 Å². The van der Waals surface area contributed by atoms with E-state index in [2.05, 4.69) is 25.8 Å². The summed E-state index contributed by atoms with van der Waals surface area (Å²) in [4.78, 5) is 30.2. The summed E-state index contributed by atoms with van der Waals surface area (Å²) >= 11 is 0. The molecule has 2 aliphatic rings. The summed E-state index contributed by atoms with van der Waals surface area (Å²) in [5.74, 6) is 1.22. The molecule has 0 bridgehead atoms. The third-order valence-corrected chi connectivity index (χ3v) is 5.83.